The SMILES string of the molecule is COc1ccc2c(c1)CCN(C)C21CCN(C(=O)[C@@H](Cc2ccc(Cl)cc2)NCC2CCCCN2C)CC1. The molecule has 0 aliphatic carbocycles. The van der Waals surface area contributed by atoms with Crippen molar-refractivity contribution < 1.29 is 9.53 Å². The number of rotatable bonds is 7. The van der Waals surface area contributed by atoms with E-state index in [1.54, 1.807) is 7.11 Å². The lowest BCUT2D eigenvalue weighted by molar-refractivity contribution is -0.136. The normalized spacial score (nSPS) is 22.7. The quantitative estimate of drug-likeness (QED) is 0.568. The van der Waals surface area contributed by atoms with E-state index in [4.69, 9.17) is 16.3 Å². The first kappa shape index (κ1) is 27.4. The van der Waals surface area contributed by atoms with Gasteiger partial charge >= 0.3 is 0 Å². The van der Waals surface area contributed by atoms with Crippen molar-refractivity contribution in [3.63, 3.8) is 0 Å². The van der Waals surface area contributed by atoms with Crippen LogP contribution < -0.4 is 10.1 Å². The molecule has 2 saturated heterocycles. The number of piperidine rings is 2. The van der Waals surface area contributed by atoms with Crippen LogP contribution in [0.2, 0.25) is 5.02 Å². The van der Waals surface area contributed by atoms with Gasteiger partial charge in [0, 0.05) is 42.8 Å². The lowest BCUT2D eigenvalue weighted by atomic mass is 9.74. The molecule has 0 saturated carbocycles. The number of fused-ring (bicyclic) bond motifs is 2. The summed E-state index contributed by atoms with van der Waals surface area (Å²) in [5.74, 6) is 1.15. The average Bonchev–Trinajstić information content (AvgIpc) is 2.95. The zero-order chi connectivity index (χ0) is 26.7. The zero-order valence-corrected chi connectivity index (χ0v) is 24.0. The van der Waals surface area contributed by atoms with Crippen LogP contribution in [0.5, 0.6) is 5.75 Å². The minimum Gasteiger partial charge on any atom is -0.497 e. The maximum absolute atomic E-state index is 14.0. The predicted molar refractivity (Wildman–Crippen MR) is 154 cm³/mol. The topological polar surface area (TPSA) is 48.1 Å². The largest absolute Gasteiger partial charge is 0.497 e. The lowest BCUT2D eigenvalue weighted by Crippen LogP contribution is -2.58. The fraction of sp³-hybridized carbons (Fsp3) is 0.581. The summed E-state index contributed by atoms with van der Waals surface area (Å²) in [7, 11) is 6.19. The number of hydrogen-bond donors (Lipinski definition) is 1. The number of carbonyl (C=O) groups is 1. The van der Waals surface area contributed by atoms with Gasteiger partial charge in [-0.3, -0.25) is 9.69 Å². The third-order valence-corrected chi connectivity index (χ3v) is 9.59. The number of halogens is 1. The molecule has 0 radical (unpaired) electrons. The summed E-state index contributed by atoms with van der Waals surface area (Å²) in [6.07, 6.45) is 7.34. The van der Waals surface area contributed by atoms with Gasteiger partial charge in [0.25, 0.3) is 0 Å². The standard InChI is InChI=1S/C31H43ClN4O2/c1-34-16-5-4-6-26(34)22-33-29(20-23-7-9-25(32)10-8-23)30(37)36-18-14-31(15-19-36)28-12-11-27(38-3)21-24(28)13-17-35(31)2/h7-12,21,26,29,33H,4-6,13-20,22H2,1-3H3/t26?,29-/m1/s1. The number of ether oxygens (including phenoxy) is 1. The summed E-state index contributed by atoms with van der Waals surface area (Å²) in [6, 6.07) is 14.7. The van der Waals surface area contributed by atoms with Crippen molar-refractivity contribution in [1.82, 2.24) is 20.0 Å². The second kappa shape index (κ2) is 12.0. The molecule has 1 amide bonds. The minimum absolute atomic E-state index is 0.0133. The molecular formula is C31H43ClN4O2. The van der Waals surface area contributed by atoms with Gasteiger partial charge in [-0.15, -0.1) is 0 Å². The highest BCUT2D eigenvalue weighted by Crippen LogP contribution is 2.43. The molecule has 0 aromatic heterocycles. The van der Waals surface area contributed by atoms with Gasteiger partial charge in [-0.2, -0.15) is 0 Å². The van der Waals surface area contributed by atoms with E-state index in [1.165, 1.54) is 30.4 Å². The number of nitrogens with zero attached hydrogens (tertiary/aromatic N) is 3. The van der Waals surface area contributed by atoms with Crippen molar-refractivity contribution in [2.45, 2.75) is 62.6 Å². The minimum atomic E-state index is -0.235. The molecule has 3 aliphatic heterocycles. The van der Waals surface area contributed by atoms with E-state index < -0.39 is 0 Å². The number of likely N-dealkylation sites (tertiary alicyclic amines) is 2. The smallest absolute Gasteiger partial charge is 0.240 e. The number of methoxy groups -OCH3 is 1. The molecule has 2 fully saturated rings. The molecule has 6 nitrogen and oxygen atoms in total. The first-order valence-corrected chi connectivity index (χ1v) is 14.6. The zero-order valence-electron chi connectivity index (χ0n) is 23.2. The second-order valence-corrected chi connectivity index (χ2v) is 11.9. The number of benzene rings is 2. The molecule has 3 aliphatic rings. The number of amides is 1. The fourth-order valence-electron chi connectivity index (χ4n) is 6.82. The third-order valence-electron chi connectivity index (χ3n) is 9.34. The molecule has 3 heterocycles. The molecule has 206 valence electrons. The molecule has 2 atom stereocenters. The van der Waals surface area contributed by atoms with Gasteiger partial charge in [0.1, 0.15) is 5.75 Å². The summed E-state index contributed by atoms with van der Waals surface area (Å²) in [4.78, 5) is 21.1. The fourth-order valence-corrected chi connectivity index (χ4v) is 6.94. The Kier molecular flexibility index (Phi) is 8.63. The molecule has 0 bridgehead atoms. The third kappa shape index (κ3) is 5.74. The van der Waals surface area contributed by atoms with E-state index in [2.05, 4.69) is 52.3 Å². The molecule has 2 aromatic rings. The van der Waals surface area contributed by atoms with Gasteiger partial charge in [0.05, 0.1) is 13.2 Å². The molecule has 5 rings (SSSR count). The van der Waals surface area contributed by atoms with Crippen LogP contribution in [-0.4, -0.2) is 86.6 Å². The predicted octanol–water partition coefficient (Wildman–Crippen LogP) is 4.34. The monoisotopic (exact) mass is 538 g/mol. The number of likely N-dealkylation sites (N-methyl/N-ethyl adjacent to an activating group) is 2. The Hall–Kier alpha value is -2.12. The number of nitrogens with one attached hydrogen (secondary N) is 1. The van der Waals surface area contributed by atoms with Crippen molar-refractivity contribution in [3.05, 3.63) is 64.2 Å². The Balaban J connectivity index is 1.30. The Bertz CT molecular complexity index is 1100. The molecule has 1 N–H and O–H groups in total. The van der Waals surface area contributed by atoms with Crippen molar-refractivity contribution in [3.8, 4) is 5.75 Å². The van der Waals surface area contributed by atoms with Crippen molar-refractivity contribution in [2.75, 3.05) is 53.9 Å². The highest BCUT2D eigenvalue weighted by Gasteiger charge is 2.44. The average molecular weight is 539 g/mol. The van der Waals surface area contributed by atoms with E-state index in [-0.39, 0.29) is 17.5 Å². The van der Waals surface area contributed by atoms with E-state index in [9.17, 15) is 4.79 Å². The van der Waals surface area contributed by atoms with Gasteiger partial charge in [-0.05, 0) is 100 Å². The summed E-state index contributed by atoms with van der Waals surface area (Å²) in [5, 5.41) is 4.42. The van der Waals surface area contributed by atoms with E-state index in [1.807, 2.05) is 24.3 Å². The molecule has 7 heteroatoms. The number of hydrogen-bond acceptors (Lipinski definition) is 5. The summed E-state index contributed by atoms with van der Waals surface area (Å²) >= 11 is 6.14. The van der Waals surface area contributed by atoms with Crippen LogP contribution in [0.25, 0.3) is 0 Å². The Morgan fingerprint density at radius 2 is 1.84 bits per heavy atom. The van der Waals surface area contributed by atoms with Crippen LogP contribution in [0.15, 0.2) is 42.5 Å². The van der Waals surface area contributed by atoms with Gasteiger partial charge < -0.3 is 19.9 Å². The van der Waals surface area contributed by atoms with Crippen molar-refractivity contribution >= 4 is 17.5 Å². The van der Waals surface area contributed by atoms with E-state index >= 15 is 0 Å². The lowest BCUT2D eigenvalue weighted by Gasteiger charge is -2.51. The van der Waals surface area contributed by atoms with Gasteiger partial charge in [0.15, 0.2) is 0 Å². The maximum atomic E-state index is 14.0. The van der Waals surface area contributed by atoms with E-state index in [0.29, 0.717) is 12.5 Å². The molecule has 38 heavy (non-hydrogen) atoms. The first-order valence-electron chi connectivity index (χ1n) is 14.2. The highest BCUT2D eigenvalue weighted by atomic mass is 35.5. The summed E-state index contributed by atoms with van der Waals surface area (Å²) in [5.41, 5.74) is 3.93. The molecule has 1 unspecified atom stereocenters. The highest BCUT2D eigenvalue weighted by molar-refractivity contribution is 6.30. The first-order chi connectivity index (χ1) is 18.4. The van der Waals surface area contributed by atoms with Crippen LogP contribution in [0.4, 0.5) is 0 Å². The van der Waals surface area contributed by atoms with Crippen molar-refractivity contribution in [1.29, 1.82) is 0 Å². The van der Waals surface area contributed by atoms with Crippen LogP contribution >= 0.6 is 11.6 Å². The summed E-state index contributed by atoms with van der Waals surface area (Å²) < 4.78 is 5.50. The Morgan fingerprint density at radius 3 is 2.55 bits per heavy atom. The van der Waals surface area contributed by atoms with Gasteiger partial charge in [0.2, 0.25) is 5.91 Å². The maximum Gasteiger partial charge on any atom is 0.240 e. The van der Waals surface area contributed by atoms with Crippen LogP contribution in [0, 0.1) is 0 Å². The van der Waals surface area contributed by atoms with Gasteiger partial charge in [-0.1, -0.05) is 36.2 Å². The molecule has 1 spiro atoms. The van der Waals surface area contributed by atoms with Gasteiger partial charge in [-0.25, -0.2) is 0 Å². The van der Waals surface area contributed by atoms with Crippen LogP contribution in [-0.2, 0) is 23.2 Å². The molecule has 2 aromatic carbocycles. The Morgan fingerprint density at radius 1 is 1.08 bits per heavy atom. The molecular weight excluding hydrogens is 496 g/mol. The van der Waals surface area contributed by atoms with E-state index in [0.717, 1.165) is 68.3 Å². The van der Waals surface area contributed by atoms with Crippen LogP contribution in [0.1, 0.15) is 48.8 Å². The Labute approximate surface area is 233 Å². The van der Waals surface area contributed by atoms with Crippen LogP contribution in [0.3, 0.4) is 0 Å². The number of carbonyl (C=O) groups excluding carboxylic acids is 1. The van der Waals surface area contributed by atoms with Crippen molar-refractivity contribution in [2.24, 2.45) is 0 Å². The summed E-state index contributed by atoms with van der Waals surface area (Å²) in [6.45, 7) is 4.56. The second-order valence-electron chi connectivity index (χ2n) is 11.5.